The number of halogens is 3. The van der Waals surface area contributed by atoms with Crippen LogP contribution in [0.1, 0.15) is 108 Å². The van der Waals surface area contributed by atoms with E-state index in [-0.39, 0.29) is 32.1 Å². The SMILES string of the molecule is CC(C)(C)[Si](C)(C)Cl.[C-]#[N+]c1ccc(N[C@@H](C(=O)NNC(=O)c2ccc(O)cc2)[C@@H](C)O)c(C)c1Cl.[C-]#[N+]c1ccc(N[C@@H](C(=O)NNC(=O)c2ccc(O[Si](C)(C)C(C)(C)C)cc2)[C@@H](C)O[Si](C)(C)C(C)(C)C)c(C)c1Cl. The Hall–Kier alpha value is -5.62. The fourth-order valence-corrected chi connectivity index (χ4v) is 8.81. The summed E-state index contributed by atoms with van der Waals surface area (Å²) in [5, 5.41) is 26.2. The summed E-state index contributed by atoms with van der Waals surface area (Å²) in [6, 6.07) is 16.8. The van der Waals surface area contributed by atoms with Gasteiger partial charge < -0.3 is 29.7 Å². The first-order chi connectivity index (χ1) is 35.6. The van der Waals surface area contributed by atoms with Crippen LogP contribution in [0.15, 0.2) is 72.8 Å². The Morgan fingerprint density at radius 1 is 0.577 bits per heavy atom. The number of nitrogens with one attached hydrogen (secondary N) is 6. The van der Waals surface area contributed by atoms with Crippen LogP contribution in [0.3, 0.4) is 0 Å². The maximum Gasteiger partial charge on any atom is 0.269 e. The molecule has 0 bridgehead atoms. The number of hydrazine groups is 2. The number of hydrogen-bond donors (Lipinski definition) is 8. The number of hydrogen-bond acceptors (Lipinski definition) is 10. The number of aromatic hydroxyl groups is 1. The fourth-order valence-electron chi connectivity index (χ4n) is 5.94. The van der Waals surface area contributed by atoms with Crippen molar-refractivity contribution in [1.82, 2.24) is 21.7 Å². The van der Waals surface area contributed by atoms with Crippen molar-refractivity contribution < 1.29 is 38.2 Å². The smallest absolute Gasteiger partial charge is 0.269 e. The highest BCUT2D eigenvalue weighted by Gasteiger charge is 2.42. The summed E-state index contributed by atoms with van der Waals surface area (Å²) in [7, 11) is -5.65. The first-order valence-corrected chi connectivity index (χ1v) is 35.9. The van der Waals surface area contributed by atoms with Crippen LogP contribution in [0.4, 0.5) is 22.7 Å². The molecule has 78 heavy (non-hydrogen) atoms. The molecule has 0 aliphatic carbocycles. The normalized spacial score (nSPS) is 13.4. The van der Waals surface area contributed by atoms with Crippen LogP contribution in [-0.4, -0.2) is 82.2 Å². The number of rotatable bonds is 14. The molecule has 0 aliphatic rings. The molecule has 0 aliphatic heterocycles. The summed E-state index contributed by atoms with van der Waals surface area (Å²) in [5.74, 6) is -1.47. The molecule has 0 unspecified atom stereocenters. The molecule has 4 atom stereocenters. The molecule has 0 radical (unpaired) electrons. The second-order valence-electron chi connectivity index (χ2n) is 23.5. The molecule has 0 fully saturated rings. The molecule has 426 valence electrons. The average molecular weight is 1180 g/mol. The third kappa shape index (κ3) is 19.6. The maximum atomic E-state index is 13.5. The number of benzene rings is 4. The molecule has 0 aromatic heterocycles. The summed E-state index contributed by atoms with van der Waals surface area (Å²) in [6.45, 7) is 53.5. The second-order valence-corrected chi connectivity index (χ2v) is 41.0. The van der Waals surface area contributed by atoms with Gasteiger partial charge in [-0.2, -0.15) is 11.1 Å². The van der Waals surface area contributed by atoms with Gasteiger partial charge in [0.1, 0.15) is 23.6 Å². The largest absolute Gasteiger partial charge is 0.544 e. The molecule has 16 nitrogen and oxygen atoms in total. The lowest BCUT2D eigenvalue weighted by molar-refractivity contribution is -0.125. The Morgan fingerprint density at radius 2 is 0.936 bits per heavy atom. The fraction of sp³-hybridized carbons (Fsp3) is 0.464. The second kappa shape index (κ2) is 28.0. The lowest BCUT2D eigenvalue weighted by Crippen LogP contribution is -2.55. The first-order valence-electron chi connectivity index (χ1n) is 25.3. The Bertz CT molecular complexity index is 2800. The van der Waals surface area contributed by atoms with Gasteiger partial charge in [0.25, 0.3) is 23.6 Å². The van der Waals surface area contributed by atoms with Gasteiger partial charge in [0.2, 0.25) is 19.7 Å². The van der Waals surface area contributed by atoms with Crippen molar-refractivity contribution in [3.05, 3.63) is 128 Å². The van der Waals surface area contributed by atoms with Crippen LogP contribution >= 0.6 is 34.3 Å². The van der Waals surface area contributed by atoms with Crippen LogP contribution in [0.5, 0.6) is 11.5 Å². The van der Waals surface area contributed by atoms with Crippen molar-refractivity contribution in [3.8, 4) is 11.5 Å². The quantitative estimate of drug-likeness (QED) is 0.0259. The van der Waals surface area contributed by atoms with Gasteiger partial charge in [-0.3, -0.25) is 40.9 Å². The van der Waals surface area contributed by atoms with Crippen LogP contribution < -0.4 is 36.8 Å². The Kier molecular flexibility index (Phi) is 24.6. The molecule has 0 heterocycles. The maximum absolute atomic E-state index is 13.5. The van der Waals surface area contributed by atoms with Gasteiger partial charge in [0, 0.05) is 22.5 Å². The van der Waals surface area contributed by atoms with Gasteiger partial charge in [0.15, 0.2) is 15.7 Å². The van der Waals surface area contributed by atoms with E-state index in [2.05, 4.69) is 144 Å². The Morgan fingerprint density at radius 3 is 1.28 bits per heavy atom. The van der Waals surface area contributed by atoms with Gasteiger partial charge >= 0.3 is 0 Å². The van der Waals surface area contributed by atoms with E-state index >= 15 is 0 Å². The zero-order chi connectivity index (χ0) is 60.1. The van der Waals surface area contributed by atoms with E-state index in [0.29, 0.717) is 49.6 Å². The van der Waals surface area contributed by atoms with Gasteiger partial charge in [0.05, 0.1) is 35.4 Å². The number of amides is 4. The van der Waals surface area contributed by atoms with Crippen molar-refractivity contribution in [2.75, 3.05) is 10.6 Å². The molecule has 4 rings (SSSR count). The minimum Gasteiger partial charge on any atom is -0.544 e. The van der Waals surface area contributed by atoms with Gasteiger partial charge in [-0.1, -0.05) is 111 Å². The molecule has 4 amide bonds. The molecule has 0 saturated heterocycles. The molecule has 0 saturated carbocycles. The number of phenolic OH excluding ortho intramolecular Hbond substituents is 1. The predicted molar refractivity (Wildman–Crippen MR) is 326 cm³/mol. The third-order valence-corrected chi connectivity index (χ3v) is 29.4. The molecule has 4 aromatic rings. The molecule has 4 aromatic carbocycles. The van der Waals surface area contributed by atoms with Crippen LogP contribution in [0, 0.1) is 27.0 Å². The highest BCUT2D eigenvalue weighted by molar-refractivity contribution is 7.20. The zero-order valence-electron chi connectivity index (χ0n) is 48.6. The number of anilines is 2. The zero-order valence-corrected chi connectivity index (χ0v) is 53.9. The van der Waals surface area contributed by atoms with E-state index in [0.717, 1.165) is 0 Å². The number of carbonyl (C=O) groups excluding carboxylic acids is 4. The van der Waals surface area contributed by atoms with Crippen molar-refractivity contribution >= 4 is 105 Å². The lowest BCUT2D eigenvalue weighted by Gasteiger charge is -2.40. The standard InChI is InChI=1S/C31H47ClN4O4Si2.C19H19ClN4O4.C6H15ClSi/c1-20-24(18-19-25(33-9)26(20)32)34-27(21(2)39-41(10,11)30(3,4)5)29(38)36-35-28(37)22-14-16-23(17-15-22)40-42(12,13)31(6,7)8;1-10-14(8-9-15(21-3)16(10)20)22-17(11(2)25)19(28)24-23-18(27)12-4-6-13(26)7-5-12;1-6(2,3)8(4,5)7/h14-19,21,27,34H,1-8,10-13H3,(H,35,37)(H,36,38);4-9,11,17,22,25-26H,1-2H3,(H,23,27)(H,24,28);1-5H3/t21-,27-;11-,17-;/m11./s1. The van der Waals surface area contributed by atoms with Crippen LogP contribution in [0.25, 0.3) is 9.69 Å². The van der Waals surface area contributed by atoms with Crippen molar-refractivity contribution in [2.24, 2.45) is 0 Å². The molecule has 22 heteroatoms. The summed E-state index contributed by atoms with van der Waals surface area (Å²) in [5.41, 5.74) is 13.1. The number of nitrogens with zero attached hydrogens (tertiary/aromatic N) is 2. The van der Waals surface area contributed by atoms with E-state index in [9.17, 15) is 29.4 Å². The molecular formula is C56H81Cl3N8O8Si3. The predicted octanol–water partition coefficient (Wildman–Crippen LogP) is 14.0. The monoisotopic (exact) mass is 1180 g/mol. The van der Waals surface area contributed by atoms with Gasteiger partial charge in [-0.15, -0.1) is 0 Å². The highest BCUT2D eigenvalue weighted by Crippen LogP contribution is 2.41. The van der Waals surface area contributed by atoms with Crippen LogP contribution in [-0.2, 0) is 14.0 Å². The topological polar surface area (TPSA) is 208 Å². The number of aliphatic hydroxyl groups is 1. The van der Waals surface area contributed by atoms with Crippen molar-refractivity contribution in [1.29, 1.82) is 0 Å². The number of carbonyl (C=O) groups is 4. The third-order valence-electron chi connectivity index (χ3n) is 14.2. The van der Waals surface area contributed by atoms with E-state index < -0.39 is 71.9 Å². The Balaban J connectivity index is 0.000000494. The summed E-state index contributed by atoms with van der Waals surface area (Å²) in [6.07, 6.45) is -1.64. The van der Waals surface area contributed by atoms with E-state index in [1.165, 1.54) is 37.3 Å². The number of phenols is 1. The minimum atomic E-state index is -2.25. The van der Waals surface area contributed by atoms with Crippen molar-refractivity contribution in [2.45, 2.75) is 169 Å². The molecule has 8 N–H and O–H groups in total. The average Bonchev–Trinajstić information content (AvgIpc) is 3.32. The summed E-state index contributed by atoms with van der Waals surface area (Å²) in [4.78, 5) is 57.7. The van der Waals surface area contributed by atoms with Gasteiger partial charge in [-0.25, -0.2) is 9.69 Å². The van der Waals surface area contributed by atoms with Gasteiger partial charge in [-0.05, 0) is 141 Å². The lowest BCUT2D eigenvalue weighted by atomic mass is 10.1. The summed E-state index contributed by atoms with van der Waals surface area (Å²) >= 11 is 18.7. The minimum absolute atomic E-state index is 0.0113. The number of aliphatic hydroxyl groups excluding tert-OH is 1. The summed E-state index contributed by atoms with van der Waals surface area (Å²) < 4.78 is 12.9. The van der Waals surface area contributed by atoms with E-state index in [1.54, 1.807) is 56.3 Å². The van der Waals surface area contributed by atoms with Crippen LogP contribution in [0.2, 0.25) is 64.4 Å². The Labute approximate surface area is 480 Å². The van der Waals surface area contributed by atoms with E-state index in [4.69, 9.17) is 56.3 Å². The van der Waals surface area contributed by atoms with Crippen molar-refractivity contribution in [3.63, 3.8) is 0 Å². The van der Waals surface area contributed by atoms with E-state index in [1.807, 2.05) is 6.92 Å². The highest BCUT2D eigenvalue weighted by atomic mass is 35.6. The first kappa shape index (κ1) is 68.5. The molecular weight excluding hydrogens is 1100 g/mol. The molecule has 0 spiro atoms.